The van der Waals surface area contributed by atoms with Crippen molar-refractivity contribution in [2.45, 2.75) is 4.90 Å². The lowest BCUT2D eigenvalue weighted by molar-refractivity contribution is -0.110. The van der Waals surface area contributed by atoms with Gasteiger partial charge in [-0.2, -0.15) is 0 Å². The molecule has 0 atom stereocenters. The molecule has 0 saturated carbocycles. The van der Waals surface area contributed by atoms with Gasteiger partial charge in [0.15, 0.2) is 0 Å². The summed E-state index contributed by atoms with van der Waals surface area (Å²) in [4.78, 5) is 24.1. The van der Waals surface area contributed by atoms with Crippen LogP contribution >= 0.6 is 0 Å². The molecule has 1 heterocycles. The van der Waals surface area contributed by atoms with E-state index in [0.717, 1.165) is 22.2 Å². The van der Waals surface area contributed by atoms with E-state index in [0.29, 0.717) is 11.1 Å². The molecule has 0 fully saturated rings. The number of hydrogen-bond acceptors (Lipinski definition) is 4. The molecule has 0 bridgehead atoms. The number of fused-ring (bicyclic) bond motifs is 1. The highest BCUT2D eigenvalue weighted by molar-refractivity contribution is 7.90. The van der Waals surface area contributed by atoms with E-state index in [9.17, 15) is 22.4 Å². The molecule has 0 saturated heterocycles. The highest BCUT2D eigenvalue weighted by atomic mass is 32.2. The van der Waals surface area contributed by atoms with Crippen LogP contribution in [0.3, 0.4) is 0 Å². The Hall–Kier alpha value is -3.32. The van der Waals surface area contributed by atoms with Crippen LogP contribution in [0, 0.1) is 5.82 Å². The SMILES string of the molecule is O=C1C=Cc2c(c(-c3ccccc3)cn2S(=O)(=O)c2cccc(F)c2)C1=O. The zero-order valence-corrected chi connectivity index (χ0v) is 14.6. The molecule has 1 aliphatic rings. The number of rotatable bonds is 3. The van der Waals surface area contributed by atoms with Crippen LogP contribution in [0.2, 0.25) is 0 Å². The van der Waals surface area contributed by atoms with Crippen LogP contribution in [0.1, 0.15) is 16.1 Å². The van der Waals surface area contributed by atoms with Crippen LogP contribution < -0.4 is 0 Å². The Morgan fingerprint density at radius 3 is 2.33 bits per heavy atom. The summed E-state index contributed by atoms with van der Waals surface area (Å²) in [6, 6.07) is 13.3. The molecule has 0 radical (unpaired) electrons. The number of hydrogen-bond donors (Lipinski definition) is 0. The van der Waals surface area contributed by atoms with Gasteiger partial charge in [-0.3, -0.25) is 9.59 Å². The summed E-state index contributed by atoms with van der Waals surface area (Å²) in [6.07, 6.45) is 3.63. The largest absolute Gasteiger partial charge is 0.286 e. The smallest absolute Gasteiger partial charge is 0.268 e. The van der Waals surface area contributed by atoms with Crippen molar-refractivity contribution in [1.29, 1.82) is 0 Å². The molecule has 27 heavy (non-hydrogen) atoms. The van der Waals surface area contributed by atoms with Crippen molar-refractivity contribution in [3.63, 3.8) is 0 Å². The predicted octanol–water partition coefficient (Wildman–Crippen LogP) is 3.31. The summed E-state index contributed by atoms with van der Waals surface area (Å²) in [5.41, 5.74) is 1.02. The maximum absolute atomic E-state index is 13.5. The monoisotopic (exact) mass is 381 g/mol. The first-order valence-corrected chi connectivity index (χ1v) is 9.42. The van der Waals surface area contributed by atoms with E-state index < -0.39 is 27.4 Å². The fourth-order valence-corrected chi connectivity index (χ4v) is 4.42. The van der Waals surface area contributed by atoms with Crippen molar-refractivity contribution in [2.24, 2.45) is 0 Å². The van der Waals surface area contributed by atoms with Crippen LogP contribution in [0.15, 0.2) is 71.8 Å². The van der Waals surface area contributed by atoms with Gasteiger partial charge in [0.1, 0.15) is 5.82 Å². The number of aromatic nitrogens is 1. The number of carbonyl (C=O) groups is 2. The molecule has 2 aromatic carbocycles. The van der Waals surface area contributed by atoms with Crippen molar-refractivity contribution in [3.05, 3.63) is 83.9 Å². The zero-order valence-electron chi connectivity index (χ0n) is 13.8. The number of allylic oxidation sites excluding steroid dienone is 1. The highest BCUT2D eigenvalue weighted by Gasteiger charge is 2.32. The topological polar surface area (TPSA) is 73.2 Å². The third-order valence-electron chi connectivity index (χ3n) is 4.29. The third-order valence-corrected chi connectivity index (χ3v) is 5.96. The molecule has 5 nitrogen and oxygen atoms in total. The van der Waals surface area contributed by atoms with Gasteiger partial charge in [-0.15, -0.1) is 0 Å². The van der Waals surface area contributed by atoms with E-state index in [-0.39, 0.29) is 16.2 Å². The number of ketones is 2. The Morgan fingerprint density at radius 1 is 0.889 bits per heavy atom. The lowest BCUT2D eigenvalue weighted by Gasteiger charge is -2.11. The summed E-state index contributed by atoms with van der Waals surface area (Å²) in [5.74, 6) is -2.19. The molecular weight excluding hydrogens is 369 g/mol. The van der Waals surface area contributed by atoms with Gasteiger partial charge in [-0.05, 0) is 35.9 Å². The molecule has 1 aromatic heterocycles. The second kappa shape index (κ2) is 6.14. The molecule has 0 aliphatic heterocycles. The molecule has 0 amide bonds. The van der Waals surface area contributed by atoms with Gasteiger partial charge in [0, 0.05) is 11.8 Å². The van der Waals surface area contributed by atoms with Gasteiger partial charge < -0.3 is 0 Å². The van der Waals surface area contributed by atoms with Crippen molar-refractivity contribution >= 4 is 27.7 Å². The zero-order chi connectivity index (χ0) is 19.2. The predicted molar refractivity (Wildman–Crippen MR) is 97.2 cm³/mol. The van der Waals surface area contributed by atoms with Crippen LogP contribution in [-0.2, 0) is 14.8 Å². The van der Waals surface area contributed by atoms with Crippen molar-refractivity contribution in [3.8, 4) is 11.1 Å². The van der Waals surface area contributed by atoms with E-state index in [1.807, 2.05) is 0 Å². The summed E-state index contributed by atoms with van der Waals surface area (Å²) in [5, 5.41) is 0. The van der Waals surface area contributed by atoms with Gasteiger partial charge in [-0.1, -0.05) is 36.4 Å². The number of Topliss-reactive ketones (excluding diaryl/α,β-unsaturated/α-hetero) is 1. The van der Waals surface area contributed by atoms with E-state index >= 15 is 0 Å². The lowest BCUT2D eigenvalue weighted by atomic mass is 9.94. The fourth-order valence-electron chi connectivity index (χ4n) is 3.02. The highest BCUT2D eigenvalue weighted by Crippen LogP contribution is 2.34. The lowest BCUT2D eigenvalue weighted by Crippen LogP contribution is -2.20. The Bertz CT molecular complexity index is 1220. The first-order valence-electron chi connectivity index (χ1n) is 7.98. The van der Waals surface area contributed by atoms with Crippen LogP contribution in [0.5, 0.6) is 0 Å². The molecular formula is C20H12FNO4S. The van der Waals surface area contributed by atoms with Crippen molar-refractivity contribution < 1.29 is 22.4 Å². The first-order chi connectivity index (χ1) is 12.9. The normalized spacial score (nSPS) is 13.7. The van der Waals surface area contributed by atoms with Gasteiger partial charge in [0.2, 0.25) is 11.6 Å². The van der Waals surface area contributed by atoms with Gasteiger partial charge >= 0.3 is 0 Å². The fraction of sp³-hybridized carbons (Fsp3) is 0. The Kier molecular flexibility index (Phi) is 3.89. The standard InChI is InChI=1S/C20H12FNO4S/c21-14-7-4-8-15(11-14)27(25,26)22-12-16(13-5-2-1-3-6-13)19-17(22)9-10-18(23)20(19)24/h1-12H. The van der Waals surface area contributed by atoms with E-state index in [1.54, 1.807) is 30.3 Å². The Labute approximate surface area is 154 Å². The number of carbonyl (C=O) groups excluding carboxylic acids is 2. The quantitative estimate of drug-likeness (QED) is 0.653. The first kappa shape index (κ1) is 17.1. The maximum Gasteiger partial charge on any atom is 0.268 e. The molecule has 3 aromatic rings. The maximum atomic E-state index is 13.5. The van der Waals surface area contributed by atoms with Crippen molar-refractivity contribution in [2.75, 3.05) is 0 Å². The van der Waals surface area contributed by atoms with Crippen molar-refractivity contribution in [1.82, 2.24) is 3.97 Å². The molecule has 0 spiro atoms. The molecule has 7 heteroatoms. The third kappa shape index (κ3) is 2.72. The van der Waals surface area contributed by atoms with Crippen LogP contribution in [0.25, 0.3) is 17.2 Å². The molecule has 0 N–H and O–H groups in total. The van der Waals surface area contributed by atoms with Gasteiger partial charge in [0.25, 0.3) is 10.0 Å². The second-order valence-electron chi connectivity index (χ2n) is 5.95. The van der Waals surface area contributed by atoms with E-state index in [4.69, 9.17) is 0 Å². The minimum absolute atomic E-state index is 0.0219. The second-order valence-corrected chi connectivity index (χ2v) is 7.77. The van der Waals surface area contributed by atoms with Gasteiger partial charge in [-0.25, -0.2) is 16.8 Å². The van der Waals surface area contributed by atoms with Crippen LogP contribution in [0.4, 0.5) is 4.39 Å². The van der Waals surface area contributed by atoms with E-state index in [2.05, 4.69) is 0 Å². The molecule has 4 rings (SSSR count). The number of nitrogens with zero attached hydrogens (tertiary/aromatic N) is 1. The summed E-state index contributed by atoms with van der Waals surface area (Å²) < 4.78 is 40.6. The summed E-state index contributed by atoms with van der Waals surface area (Å²) >= 11 is 0. The molecule has 134 valence electrons. The van der Waals surface area contributed by atoms with E-state index in [1.165, 1.54) is 24.4 Å². The molecule has 1 aliphatic carbocycles. The minimum atomic E-state index is -4.17. The number of halogens is 1. The average Bonchev–Trinajstić information content (AvgIpc) is 3.06. The summed E-state index contributed by atoms with van der Waals surface area (Å²) in [6.45, 7) is 0. The van der Waals surface area contributed by atoms with Gasteiger partial charge in [0.05, 0.1) is 16.2 Å². The molecule has 0 unspecified atom stereocenters. The number of benzene rings is 2. The Balaban J connectivity index is 2.02. The minimum Gasteiger partial charge on any atom is -0.286 e. The van der Waals surface area contributed by atoms with Crippen LogP contribution in [-0.4, -0.2) is 24.0 Å². The Morgan fingerprint density at radius 2 is 1.63 bits per heavy atom. The average molecular weight is 381 g/mol. The summed E-state index contributed by atoms with van der Waals surface area (Å²) in [7, 11) is -4.17.